The number of urea groups is 1. The molecule has 1 aromatic heterocycles. The first-order valence-corrected chi connectivity index (χ1v) is 13.7. The zero-order valence-electron chi connectivity index (χ0n) is 18.3. The van der Waals surface area contributed by atoms with Crippen molar-refractivity contribution in [3.8, 4) is 0 Å². The van der Waals surface area contributed by atoms with E-state index in [4.69, 9.17) is 0 Å². The van der Waals surface area contributed by atoms with Crippen LogP contribution in [0.5, 0.6) is 0 Å². The number of amides is 3. The van der Waals surface area contributed by atoms with Gasteiger partial charge in [0.1, 0.15) is 0 Å². The minimum atomic E-state index is 0.0154. The van der Waals surface area contributed by atoms with Crippen molar-refractivity contribution >= 4 is 40.2 Å². The van der Waals surface area contributed by atoms with Crippen molar-refractivity contribution in [2.75, 3.05) is 37.2 Å². The number of thiazole rings is 1. The molecule has 0 radical (unpaired) electrons. The molecule has 1 aromatic rings. The fourth-order valence-electron chi connectivity index (χ4n) is 5.03. The molecule has 31 heavy (non-hydrogen) atoms. The van der Waals surface area contributed by atoms with Gasteiger partial charge in [-0.15, -0.1) is 11.8 Å². The zero-order valence-corrected chi connectivity index (χ0v) is 19.9. The Morgan fingerprint density at radius 3 is 2.29 bits per heavy atom. The Kier molecular flexibility index (Phi) is 8.49. The van der Waals surface area contributed by atoms with E-state index >= 15 is 0 Å². The smallest absolute Gasteiger partial charge is 0.324 e. The maximum absolute atomic E-state index is 13.3. The number of aromatic nitrogens is 1. The first-order chi connectivity index (χ1) is 15.2. The van der Waals surface area contributed by atoms with E-state index in [0.29, 0.717) is 23.0 Å². The summed E-state index contributed by atoms with van der Waals surface area (Å²) in [4.78, 5) is 34.2. The molecule has 4 rings (SSSR count). The molecule has 172 valence electrons. The van der Waals surface area contributed by atoms with Crippen LogP contribution in [0.1, 0.15) is 64.2 Å². The van der Waals surface area contributed by atoms with Crippen molar-refractivity contribution in [1.82, 2.24) is 20.1 Å². The lowest BCUT2D eigenvalue weighted by Gasteiger charge is -2.41. The van der Waals surface area contributed by atoms with Gasteiger partial charge in [0.2, 0.25) is 5.91 Å². The van der Waals surface area contributed by atoms with Crippen molar-refractivity contribution in [3.05, 3.63) is 6.20 Å². The number of thioether (sulfide) groups is 1. The molecule has 3 fully saturated rings. The van der Waals surface area contributed by atoms with Gasteiger partial charge in [0.05, 0.1) is 16.2 Å². The monoisotopic (exact) mass is 465 g/mol. The Morgan fingerprint density at radius 1 is 1.06 bits per heavy atom. The van der Waals surface area contributed by atoms with E-state index in [1.807, 2.05) is 4.90 Å². The molecule has 2 N–H and O–H groups in total. The summed E-state index contributed by atoms with van der Waals surface area (Å²) in [6, 6.07) is 0.742. The van der Waals surface area contributed by atoms with Crippen LogP contribution in [-0.4, -0.2) is 70.7 Å². The summed E-state index contributed by atoms with van der Waals surface area (Å²) >= 11 is 2.98. The summed E-state index contributed by atoms with van der Waals surface area (Å²) in [5.74, 6) is 0.595. The van der Waals surface area contributed by atoms with E-state index in [1.165, 1.54) is 61.6 Å². The molecule has 1 aliphatic heterocycles. The lowest BCUT2D eigenvalue weighted by atomic mass is 9.89. The third kappa shape index (κ3) is 6.35. The Balaban J connectivity index is 1.33. The van der Waals surface area contributed by atoms with Crippen LogP contribution in [0.4, 0.5) is 9.93 Å². The van der Waals surface area contributed by atoms with Crippen LogP contribution in [0, 0.1) is 0 Å². The first kappa shape index (κ1) is 22.9. The minimum Gasteiger partial charge on any atom is -0.339 e. The third-order valence-electron chi connectivity index (χ3n) is 6.68. The van der Waals surface area contributed by atoms with Crippen LogP contribution in [0.15, 0.2) is 10.4 Å². The average Bonchev–Trinajstić information content (AvgIpc) is 3.27. The summed E-state index contributed by atoms with van der Waals surface area (Å²) < 4.78 is 0.973. The number of anilines is 1. The second-order valence-electron chi connectivity index (χ2n) is 8.83. The number of rotatable bonds is 6. The van der Waals surface area contributed by atoms with E-state index in [1.54, 1.807) is 6.20 Å². The summed E-state index contributed by atoms with van der Waals surface area (Å²) in [5, 5.41) is 6.99. The zero-order chi connectivity index (χ0) is 21.5. The van der Waals surface area contributed by atoms with E-state index in [0.717, 1.165) is 56.1 Å². The molecular weight excluding hydrogens is 430 g/mol. The fraction of sp³-hybridized carbons (Fsp3) is 0.773. The molecular formula is C22H35N5O2S2. The van der Waals surface area contributed by atoms with Crippen molar-refractivity contribution in [2.24, 2.45) is 0 Å². The third-order valence-corrected chi connectivity index (χ3v) is 8.77. The number of nitrogens with zero attached hydrogens (tertiary/aromatic N) is 3. The normalized spacial score (nSPS) is 21.1. The maximum Gasteiger partial charge on any atom is 0.324 e. The van der Waals surface area contributed by atoms with Crippen LogP contribution in [0.3, 0.4) is 0 Å². The highest BCUT2D eigenvalue weighted by molar-refractivity contribution is 8.01. The van der Waals surface area contributed by atoms with Gasteiger partial charge in [-0.3, -0.25) is 10.1 Å². The second-order valence-corrected chi connectivity index (χ2v) is 11.1. The van der Waals surface area contributed by atoms with Gasteiger partial charge < -0.3 is 15.1 Å². The largest absolute Gasteiger partial charge is 0.339 e. The predicted molar refractivity (Wildman–Crippen MR) is 127 cm³/mol. The highest BCUT2D eigenvalue weighted by Gasteiger charge is 2.32. The van der Waals surface area contributed by atoms with Crippen molar-refractivity contribution in [3.63, 3.8) is 0 Å². The molecule has 0 bridgehead atoms. The van der Waals surface area contributed by atoms with Crippen LogP contribution < -0.4 is 10.6 Å². The molecule has 1 saturated heterocycles. The van der Waals surface area contributed by atoms with E-state index in [-0.39, 0.29) is 11.9 Å². The Labute approximate surface area is 193 Å². The summed E-state index contributed by atoms with van der Waals surface area (Å²) in [7, 11) is 0. The quantitative estimate of drug-likeness (QED) is 0.617. The topological polar surface area (TPSA) is 77.6 Å². The van der Waals surface area contributed by atoms with Gasteiger partial charge in [0.15, 0.2) is 5.13 Å². The highest BCUT2D eigenvalue weighted by atomic mass is 32.2. The lowest BCUT2D eigenvalue weighted by molar-refractivity contribution is -0.128. The Morgan fingerprint density at radius 2 is 1.68 bits per heavy atom. The number of piperazine rings is 1. The van der Waals surface area contributed by atoms with Crippen molar-refractivity contribution < 1.29 is 9.59 Å². The van der Waals surface area contributed by atoms with Gasteiger partial charge in [-0.1, -0.05) is 49.9 Å². The Hall–Kier alpha value is -1.32. The van der Waals surface area contributed by atoms with Crippen LogP contribution in [0.2, 0.25) is 0 Å². The molecule has 3 amide bonds. The van der Waals surface area contributed by atoms with Crippen molar-refractivity contribution in [2.45, 2.75) is 80.5 Å². The van der Waals surface area contributed by atoms with Crippen molar-refractivity contribution in [1.29, 1.82) is 0 Å². The molecule has 2 saturated carbocycles. The molecule has 2 aliphatic carbocycles. The predicted octanol–water partition coefficient (Wildman–Crippen LogP) is 4.17. The van der Waals surface area contributed by atoms with Gasteiger partial charge in [-0.2, -0.15) is 0 Å². The molecule has 0 aromatic carbocycles. The average molecular weight is 466 g/mol. The molecule has 3 aliphatic rings. The molecule has 0 atom stereocenters. The molecule has 0 unspecified atom stereocenters. The van der Waals surface area contributed by atoms with E-state index < -0.39 is 0 Å². The van der Waals surface area contributed by atoms with Gasteiger partial charge >= 0.3 is 6.03 Å². The molecule has 9 heteroatoms. The SMILES string of the molecule is O=C(CSc1cnc(NC(=O)N(C2CCCCC2)C2CCCCC2)s1)N1CCNCC1. The van der Waals surface area contributed by atoms with Gasteiger partial charge in [-0.25, -0.2) is 9.78 Å². The standard InChI is InChI=1S/C22H35N5O2S2/c28-19(26-13-11-23-12-14-26)16-30-20-15-24-21(31-20)25-22(29)27(17-7-3-1-4-8-17)18-9-5-2-6-10-18/h15,17-18,23H,1-14,16H2,(H,24,25,29). The fourth-order valence-corrected chi connectivity index (χ4v) is 6.79. The molecule has 0 spiro atoms. The van der Waals surface area contributed by atoms with Crippen LogP contribution in [0.25, 0.3) is 0 Å². The molecule has 2 heterocycles. The first-order valence-electron chi connectivity index (χ1n) is 11.9. The van der Waals surface area contributed by atoms with E-state index in [2.05, 4.69) is 20.5 Å². The Bertz CT molecular complexity index is 707. The van der Waals surface area contributed by atoms with Gasteiger partial charge in [-0.05, 0) is 25.7 Å². The number of carbonyl (C=O) groups excluding carboxylic acids is 2. The number of hydrogen-bond donors (Lipinski definition) is 2. The lowest BCUT2D eigenvalue weighted by Crippen LogP contribution is -2.50. The maximum atomic E-state index is 13.3. The van der Waals surface area contributed by atoms with Crippen LogP contribution >= 0.6 is 23.1 Å². The summed E-state index contributed by atoms with van der Waals surface area (Å²) in [5.41, 5.74) is 0. The number of hydrogen-bond acceptors (Lipinski definition) is 6. The van der Waals surface area contributed by atoms with Gasteiger partial charge in [0.25, 0.3) is 0 Å². The summed E-state index contributed by atoms with van der Waals surface area (Å²) in [6.45, 7) is 3.29. The van der Waals surface area contributed by atoms with E-state index in [9.17, 15) is 9.59 Å². The van der Waals surface area contributed by atoms with Gasteiger partial charge in [0, 0.05) is 38.3 Å². The number of nitrogens with one attached hydrogen (secondary N) is 2. The molecule has 7 nitrogen and oxygen atoms in total. The number of carbonyl (C=O) groups is 2. The summed E-state index contributed by atoms with van der Waals surface area (Å²) in [6.07, 6.45) is 13.7. The minimum absolute atomic E-state index is 0.0154. The second kappa shape index (κ2) is 11.5. The van der Waals surface area contributed by atoms with Crippen LogP contribution in [-0.2, 0) is 4.79 Å². The highest BCUT2D eigenvalue weighted by Crippen LogP contribution is 2.32.